The number of rotatable bonds is 16. The van der Waals surface area contributed by atoms with Gasteiger partial charge >= 0.3 is 5.97 Å². The molecule has 0 spiro atoms. The van der Waals surface area contributed by atoms with Gasteiger partial charge in [0.05, 0.1) is 53.7 Å². The molecule has 2 fully saturated rings. The average Bonchev–Trinajstić information content (AvgIpc) is 4.02. The third-order valence-corrected chi connectivity index (χ3v) is 12.5. The number of furan rings is 1. The van der Waals surface area contributed by atoms with E-state index in [1.54, 1.807) is 23.3 Å². The van der Waals surface area contributed by atoms with Crippen molar-refractivity contribution in [3.63, 3.8) is 0 Å². The third kappa shape index (κ3) is 9.01. The number of para-hydroxylation sites is 2. The number of aromatic nitrogens is 2. The Hall–Kier alpha value is -4.88. The lowest BCUT2D eigenvalue weighted by atomic mass is 9.76. The van der Waals surface area contributed by atoms with Crippen molar-refractivity contribution in [2.24, 2.45) is 5.92 Å². The Morgan fingerprint density at radius 3 is 2.42 bits per heavy atom. The van der Waals surface area contributed by atoms with Gasteiger partial charge in [0, 0.05) is 43.5 Å². The summed E-state index contributed by atoms with van der Waals surface area (Å²) in [7, 11) is 3.02. The number of imidazole rings is 1. The molecule has 2 aliphatic heterocycles. The Balaban J connectivity index is 1.06. The van der Waals surface area contributed by atoms with Crippen LogP contribution in [0.25, 0.3) is 11.0 Å². The molecule has 2 aliphatic rings. The number of benzene rings is 3. The number of esters is 1. The van der Waals surface area contributed by atoms with E-state index in [-0.39, 0.29) is 28.9 Å². The largest absolute Gasteiger partial charge is 0.496 e. The van der Waals surface area contributed by atoms with Crippen LogP contribution in [0.2, 0.25) is 10.0 Å². The lowest BCUT2D eigenvalue weighted by Gasteiger charge is -2.36. The van der Waals surface area contributed by atoms with Gasteiger partial charge < -0.3 is 37.7 Å². The molecular weight excluding hydrogens is 795 g/mol. The van der Waals surface area contributed by atoms with Gasteiger partial charge in [0.15, 0.2) is 17.3 Å². The number of likely N-dealkylation sites (tertiary alicyclic amines) is 2. The summed E-state index contributed by atoms with van der Waals surface area (Å²) in [5.41, 5.74) is 3.14. The summed E-state index contributed by atoms with van der Waals surface area (Å²) < 4.78 is 30.3. The van der Waals surface area contributed by atoms with Crippen molar-refractivity contribution >= 4 is 51.9 Å². The van der Waals surface area contributed by atoms with Gasteiger partial charge in [-0.05, 0) is 99.8 Å². The zero-order valence-corrected chi connectivity index (χ0v) is 35.4. The molecule has 1 atom stereocenters. The lowest BCUT2D eigenvalue weighted by Crippen LogP contribution is -2.41. The molecular formula is C45H50Cl2N4O8. The molecule has 59 heavy (non-hydrogen) atoms. The minimum atomic E-state index is -0.563. The average molecular weight is 846 g/mol. The molecule has 2 saturated heterocycles. The molecule has 5 aromatic rings. The Kier molecular flexibility index (Phi) is 13.3. The Morgan fingerprint density at radius 1 is 0.932 bits per heavy atom. The number of ketones is 1. The van der Waals surface area contributed by atoms with Crippen molar-refractivity contribution < 1.29 is 37.7 Å². The Labute approximate surface area is 354 Å². The highest BCUT2D eigenvalue weighted by Crippen LogP contribution is 2.45. The summed E-state index contributed by atoms with van der Waals surface area (Å²) in [5.74, 6) is 1.12. The van der Waals surface area contributed by atoms with Gasteiger partial charge in [0.1, 0.15) is 18.1 Å². The van der Waals surface area contributed by atoms with E-state index in [1.807, 2.05) is 60.0 Å². The molecule has 1 unspecified atom stereocenters. The molecule has 1 amide bonds. The van der Waals surface area contributed by atoms with Gasteiger partial charge in [0.25, 0.3) is 5.91 Å². The minimum Gasteiger partial charge on any atom is -0.496 e. The first-order chi connectivity index (χ1) is 28.5. The minimum absolute atomic E-state index is 0.0532. The summed E-state index contributed by atoms with van der Waals surface area (Å²) in [5, 5.41) is 0.906. The number of halogens is 2. The number of fused-ring (bicyclic) bond motifs is 1. The van der Waals surface area contributed by atoms with E-state index in [1.165, 1.54) is 21.1 Å². The smallest absolute Gasteiger partial charge is 0.308 e. The van der Waals surface area contributed by atoms with Crippen LogP contribution in [0.5, 0.6) is 17.2 Å². The van der Waals surface area contributed by atoms with E-state index in [0.29, 0.717) is 91.5 Å². The quantitative estimate of drug-likeness (QED) is 0.0414. The summed E-state index contributed by atoms with van der Waals surface area (Å²) in [6.07, 6.45) is 4.98. The number of carbonyl (C=O) groups excluding carboxylic acids is 3. The molecule has 14 heteroatoms. The van der Waals surface area contributed by atoms with E-state index in [4.69, 9.17) is 51.6 Å². The monoisotopic (exact) mass is 844 g/mol. The number of piperidine rings is 1. The predicted octanol–water partition coefficient (Wildman–Crippen LogP) is 8.43. The number of methoxy groups -OCH3 is 2. The summed E-state index contributed by atoms with van der Waals surface area (Å²) >= 11 is 13.0. The van der Waals surface area contributed by atoms with Crippen molar-refractivity contribution in [2.75, 3.05) is 53.6 Å². The molecule has 12 nitrogen and oxygen atoms in total. The molecule has 7 rings (SSSR count). The first kappa shape index (κ1) is 42.3. The maximum absolute atomic E-state index is 14.5. The highest BCUT2D eigenvalue weighted by atomic mass is 35.5. The van der Waals surface area contributed by atoms with E-state index < -0.39 is 11.4 Å². The van der Waals surface area contributed by atoms with Crippen molar-refractivity contribution in [3.8, 4) is 17.2 Å². The molecule has 4 heterocycles. The second kappa shape index (κ2) is 18.6. The van der Waals surface area contributed by atoms with Crippen LogP contribution in [0.15, 0.2) is 71.3 Å². The van der Waals surface area contributed by atoms with E-state index in [9.17, 15) is 14.4 Å². The number of ether oxygens (including phenoxy) is 4. The topological polar surface area (TPSA) is 126 Å². The number of carbonyl (C=O) groups is 3. The Morgan fingerprint density at radius 2 is 1.73 bits per heavy atom. The van der Waals surface area contributed by atoms with Crippen molar-refractivity contribution in [1.82, 2.24) is 19.4 Å². The molecule has 0 aliphatic carbocycles. The molecule has 0 saturated carbocycles. The summed E-state index contributed by atoms with van der Waals surface area (Å²) in [6.45, 7) is 7.60. The van der Waals surface area contributed by atoms with Crippen LogP contribution >= 0.6 is 23.2 Å². The molecule has 0 bridgehead atoms. The third-order valence-electron chi connectivity index (χ3n) is 11.7. The van der Waals surface area contributed by atoms with Crippen molar-refractivity contribution in [2.45, 2.75) is 64.5 Å². The summed E-state index contributed by atoms with van der Waals surface area (Å²) in [4.78, 5) is 49.9. The fourth-order valence-corrected chi connectivity index (χ4v) is 8.90. The molecule has 312 valence electrons. The van der Waals surface area contributed by atoms with Crippen molar-refractivity contribution in [1.29, 1.82) is 0 Å². The maximum atomic E-state index is 14.5. The SMILES string of the molecule is CCc1c(OC)cc(C(=O)N2CCC(CCN3CCC(C(=O)c4nc5ccccc5n4CCOCc4ccco4)CC3)(c3ccc(Cl)c(Cl)c3)C2)c(OC(C)=O)c1OC. The second-order valence-electron chi connectivity index (χ2n) is 15.2. The number of hydrogen-bond donors (Lipinski definition) is 0. The van der Waals surface area contributed by atoms with Gasteiger partial charge in [-0.2, -0.15) is 0 Å². The zero-order valence-electron chi connectivity index (χ0n) is 33.9. The van der Waals surface area contributed by atoms with E-state index in [2.05, 4.69) is 4.90 Å². The van der Waals surface area contributed by atoms with Crippen LogP contribution in [0.4, 0.5) is 0 Å². The Bertz CT molecular complexity index is 2300. The van der Waals surface area contributed by atoms with Crippen LogP contribution < -0.4 is 14.2 Å². The molecule has 0 radical (unpaired) electrons. The number of Topliss-reactive ketones (excluding diaryl/α,β-unsaturated/α-hetero) is 1. The van der Waals surface area contributed by atoms with Gasteiger partial charge in [-0.1, -0.05) is 48.3 Å². The van der Waals surface area contributed by atoms with E-state index in [0.717, 1.165) is 48.4 Å². The number of hydrogen-bond acceptors (Lipinski definition) is 10. The van der Waals surface area contributed by atoms with Gasteiger partial charge in [-0.3, -0.25) is 14.4 Å². The van der Waals surface area contributed by atoms with Crippen molar-refractivity contribution in [3.05, 3.63) is 105 Å². The van der Waals surface area contributed by atoms with Crippen LogP contribution in [0, 0.1) is 5.92 Å². The van der Waals surface area contributed by atoms with Crippen LogP contribution in [-0.4, -0.2) is 90.6 Å². The van der Waals surface area contributed by atoms with Crippen LogP contribution in [0.1, 0.15) is 77.4 Å². The first-order valence-electron chi connectivity index (χ1n) is 20.1. The molecule has 0 N–H and O–H groups in total. The molecule has 3 aromatic carbocycles. The first-order valence-corrected chi connectivity index (χ1v) is 20.8. The summed E-state index contributed by atoms with van der Waals surface area (Å²) in [6, 6.07) is 18.9. The van der Waals surface area contributed by atoms with Gasteiger partial charge in [-0.15, -0.1) is 0 Å². The van der Waals surface area contributed by atoms with Crippen LogP contribution in [-0.2, 0) is 34.5 Å². The normalized spacial score (nSPS) is 17.4. The fraction of sp³-hybridized carbons (Fsp3) is 0.422. The fourth-order valence-electron chi connectivity index (χ4n) is 8.60. The number of amides is 1. The molecule has 2 aromatic heterocycles. The highest BCUT2D eigenvalue weighted by Gasteiger charge is 2.43. The van der Waals surface area contributed by atoms with E-state index >= 15 is 0 Å². The lowest BCUT2D eigenvalue weighted by molar-refractivity contribution is -0.132. The number of nitrogens with zero attached hydrogens (tertiary/aromatic N) is 4. The van der Waals surface area contributed by atoms with Gasteiger partial charge in [0.2, 0.25) is 5.78 Å². The van der Waals surface area contributed by atoms with Gasteiger partial charge in [-0.25, -0.2) is 4.98 Å². The highest BCUT2D eigenvalue weighted by molar-refractivity contribution is 6.42. The predicted molar refractivity (Wildman–Crippen MR) is 225 cm³/mol. The maximum Gasteiger partial charge on any atom is 0.308 e. The second-order valence-corrected chi connectivity index (χ2v) is 16.1. The zero-order chi connectivity index (χ0) is 41.7. The standard InChI is InChI=1S/C45H50Cl2N4O8/c1-5-33-39(55-3)26-34(42(41(33)56-4)59-29(2)52)44(54)50-21-17-45(28-50,31-12-13-35(46)36(47)25-31)16-20-49-18-14-30(15-19-49)40(53)43-48-37-10-6-7-11-38(37)51(43)22-24-57-27-32-9-8-23-58-32/h6-13,23,25-26,30H,5,14-22,24,27-28H2,1-4H3. The van der Waals surface area contributed by atoms with Crippen LogP contribution in [0.3, 0.4) is 0 Å².